The minimum atomic E-state index is -0.514. The summed E-state index contributed by atoms with van der Waals surface area (Å²) in [4.78, 5) is 25.2. The number of H-pyrrole nitrogens is 1. The van der Waals surface area contributed by atoms with E-state index >= 15 is 0 Å². The number of nitrogens with one attached hydrogen (secondary N) is 1. The number of hydrogen-bond donors (Lipinski definition) is 1. The first-order valence-corrected chi connectivity index (χ1v) is 8.21. The maximum Gasteiger partial charge on any atom is 0.274 e. The van der Waals surface area contributed by atoms with Crippen LogP contribution < -0.4 is 11.1 Å². The molecule has 0 spiro atoms. The molecular weight excluding hydrogens is 357 g/mol. The van der Waals surface area contributed by atoms with Crippen LogP contribution in [0.25, 0.3) is 27.8 Å². The second kappa shape index (κ2) is 6.00. The van der Waals surface area contributed by atoms with Gasteiger partial charge in [0.1, 0.15) is 5.82 Å². The van der Waals surface area contributed by atoms with Crippen molar-refractivity contribution in [2.75, 3.05) is 0 Å². The highest BCUT2D eigenvalue weighted by Crippen LogP contribution is 2.29. The van der Waals surface area contributed by atoms with Crippen LogP contribution in [0.1, 0.15) is 0 Å². The molecule has 0 aliphatic rings. The molecule has 130 valence electrons. The Balaban J connectivity index is 2.18. The van der Waals surface area contributed by atoms with Crippen molar-refractivity contribution in [3.63, 3.8) is 0 Å². The van der Waals surface area contributed by atoms with Crippen LogP contribution in [-0.2, 0) is 7.05 Å². The average Bonchev–Trinajstić information content (AvgIpc) is 2.94. The van der Waals surface area contributed by atoms with Crippen molar-refractivity contribution in [1.82, 2.24) is 14.3 Å². The van der Waals surface area contributed by atoms with Gasteiger partial charge >= 0.3 is 0 Å². The molecule has 0 saturated carbocycles. The largest absolute Gasteiger partial charge is 0.310 e. The van der Waals surface area contributed by atoms with Crippen LogP contribution in [0.2, 0.25) is 5.02 Å². The van der Waals surface area contributed by atoms with Crippen LogP contribution in [0.3, 0.4) is 0 Å². The SMILES string of the molecule is Cn1c(-c2ccccc2F)c2c(=O)[nH]n(-c3ccccc3Cl)c2cc1=O. The fourth-order valence-electron chi connectivity index (χ4n) is 3.09. The van der Waals surface area contributed by atoms with Gasteiger partial charge in [0.2, 0.25) is 0 Å². The third-order valence-corrected chi connectivity index (χ3v) is 4.64. The number of hydrogen-bond acceptors (Lipinski definition) is 2. The topological polar surface area (TPSA) is 59.8 Å². The number of nitrogens with zero attached hydrogens (tertiary/aromatic N) is 2. The van der Waals surface area contributed by atoms with Crippen LogP contribution in [0.4, 0.5) is 4.39 Å². The first kappa shape index (κ1) is 16.4. The smallest absolute Gasteiger partial charge is 0.274 e. The lowest BCUT2D eigenvalue weighted by Crippen LogP contribution is -2.19. The normalized spacial score (nSPS) is 11.2. The van der Waals surface area contributed by atoms with Crippen LogP contribution in [0, 0.1) is 5.82 Å². The molecule has 0 aliphatic carbocycles. The molecule has 2 aromatic carbocycles. The molecule has 5 nitrogen and oxygen atoms in total. The monoisotopic (exact) mass is 369 g/mol. The molecule has 0 fully saturated rings. The molecule has 0 unspecified atom stereocenters. The van der Waals surface area contributed by atoms with E-state index in [-0.39, 0.29) is 22.2 Å². The third kappa shape index (κ3) is 2.38. The lowest BCUT2D eigenvalue weighted by molar-refractivity contribution is 0.629. The molecule has 4 aromatic rings. The summed E-state index contributed by atoms with van der Waals surface area (Å²) in [6.45, 7) is 0. The van der Waals surface area contributed by atoms with E-state index in [4.69, 9.17) is 11.6 Å². The second-order valence-electron chi connectivity index (χ2n) is 5.86. The molecule has 4 rings (SSSR count). The molecule has 0 atom stereocenters. The van der Waals surface area contributed by atoms with Crippen molar-refractivity contribution in [3.05, 3.63) is 86.1 Å². The quantitative estimate of drug-likeness (QED) is 0.588. The van der Waals surface area contributed by atoms with Crippen molar-refractivity contribution in [2.45, 2.75) is 0 Å². The highest BCUT2D eigenvalue weighted by molar-refractivity contribution is 6.32. The summed E-state index contributed by atoms with van der Waals surface area (Å²) in [5, 5.41) is 3.33. The molecule has 2 aromatic heterocycles. The zero-order valence-corrected chi connectivity index (χ0v) is 14.4. The molecule has 26 heavy (non-hydrogen) atoms. The molecule has 7 heteroatoms. The minimum absolute atomic E-state index is 0.181. The molecular formula is C19H13ClFN3O2. The van der Waals surface area contributed by atoms with Gasteiger partial charge in [-0.05, 0) is 24.3 Å². The fraction of sp³-hybridized carbons (Fsp3) is 0.0526. The third-order valence-electron chi connectivity index (χ3n) is 4.32. The van der Waals surface area contributed by atoms with Gasteiger partial charge in [-0.15, -0.1) is 0 Å². The Morgan fingerprint density at radius 3 is 2.46 bits per heavy atom. The summed E-state index contributed by atoms with van der Waals surface area (Å²) in [6.07, 6.45) is 0. The zero-order chi connectivity index (χ0) is 18.4. The Morgan fingerprint density at radius 1 is 1.04 bits per heavy atom. The van der Waals surface area contributed by atoms with Crippen LogP contribution in [0.5, 0.6) is 0 Å². The summed E-state index contributed by atoms with van der Waals surface area (Å²) in [7, 11) is 1.51. The number of halogens is 2. The van der Waals surface area contributed by atoms with E-state index in [1.807, 2.05) is 0 Å². The second-order valence-corrected chi connectivity index (χ2v) is 6.27. The predicted octanol–water partition coefficient (Wildman–Crippen LogP) is 3.48. The van der Waals surface area contributed by atoms with Crippen molar-refractivity contribution < 1.29 is 4.39 Å². The standard InChI is InChI=1S/C19H13ClFN3O2/c1-23-16(25)10-15-17(18(23)11-6-2-4-8-13(11)21)19(26)22-24(15)14-9-5-3-7-12(14)20/h2-10H,1H3,(H,22,26). The lowest BCUT2D eigenvalue weighted by Gasteiger charge is -2.11. The van der Waals surface area contributed by atoms with Gasteiger partial charge in [0.05, 0.1) is 27.3 Å². The van der Waals surface area contributed by atoms with Gasteiger partial charge in [0.25, 0.3) is 11.1 Å². The van der Waals surface area contributed by atoms with E-state index in [0.29, 0.717) is 16.2 Å². The molecule has 0 bridgehead atoms. The van der Waals surface area contributed by atoms with E-state index in [2.05, 4.69) is 5.10 Å². The van der Waals surface area contributed by atoms with Gasteiger partial charge in [-0.2, -0.15) is 0 Å². The number of benzene rings is 2. The summed E-state index contributed by atoms with van der Waals surface area (Å²) in [5.74, 6) is -0.514. The number of aromatic nitrogens is 3. The maximum atomic E-state index is 14.4. The van der Waals surface area contributed by atoms with Crippen LogP contribution >= 0.6 is 11.6 Å². The number of aromatic amines is 1. The Bertz CT molecular complexity index is 1270. The van der Waals surface area contributed by atoms with E-state index < -0.39 is 11.4 Å². The van der Waals surface area contributed by atoms with Gasteiger partial charge in [0.15, 0.2) is 0 Å². The maximum absolute atomic E-state index is 14.4. The lowest BCUT2D eigenvalue weighted by atomic mass is 10.1. The molecule has 0 saturated heterocycles. The average molecular weight is 370 g/mol. The highest BCUT2D eigenvalue weighted by atomic mass is 35.5. The predicted molar refractivity (Wildman–Crippen MR) is 99.5 cm³/mol. The van der Waals surface area contributed by atoms with Gasteiger partial charge < -0.3 is 4.57 Å². The van der Waals surface area contributed by atoms with Gasteiger partial charge in [-0.25, -0.2) is 4.39 Å². The van der Waals surface area contributed by atoms with Gasteiger partial charge in [0, 0.05) is 18.7 Å². The summed E-state index contributed by atoms with van der Waals surface area (Å²) < 4.78 is 17.1. The Morgan fingerprint density at radius 2 is 1.73 bits per heavy atom. The molecule has 0 amide bonds. The fourth-order valence-corrected chi connectivity index (χ4v) is 3.31. The van der Waals surface area contributed by atoms with Crippen molar-refractivity contribution in [1.29, 1.82) is 0 Å². The first-order valence-electron chi connectivity index (χ1n) is 7.83. The van der Waals surface area contributed by atoms with E-state index in [1.165, 1.54) is 34.5 Å². The van der Waals surface area contributed by atoms with E-state index in [1.54, 1.807) is 36.4 Å². The van der Waals surface area contributed by atoms with Crippen molar-refractivity contribution >= 4 is 22.5 Å². The van der Waals surface area contributed by atoms with Crippen LogP contribution in [-0.4, -0.2) is 14.3 Å². The van der Waals surface area contributed by atoms with Crippen molar-refractivity contribution in [2.24, 2.45) is 7.05 Å². The minimum Gasteiger partial charge on any atom is -0.310 e. The highest BCUT2D eigenvalue weighted by Gasteiger charge is 2.20. The van der Waals surface area contributed by atoms with Crippen LogP contribution in [0.15, 0.2) is 64.2 Å². The number of para-hydroxylation sites is 1. The summed E-state index contributed by atoms with van der Waals surface area (Å²) in [5.41, 5.74) is 0.459. The van der Waals surface area contributed by atoms with E-state index in [9.17, 15) is 14.0 Å². The molecule has 1 N–H and O–H groups in total. The first-order chi connectivity index (χ1) is 12.5. The summed E-state index contributed by atoms with van der Waals surface area (Å²) in [6, 6.07) is 14.3. The van der Waals surface area contributed by atoms with Gasteiger partial charge in [-0.3, -0.25) is 19.4 Å². The molecule has 2 heterocycles. The van der Waals surface area contributed by atoms with E-state index in [0.717, 1.165) is 0 Å². The Kier molecular flexibility index (Phi) is 3.77. The van der Waals surface area contributed by atoms with Gasteiger partial charge in [-0.1, -0.05) is 35.9 Å². The number of fused-ring (bicyclic) bond motifs is 1. The molecule has 0 radical (unpaired) electrons. The van der Waals surface area contributed by atoms with Crippen molar-refractivity contribution in [3.8, 4) is 16.9 Å². The molecule has 0 aliphatic heterocycles. The zero-order valence-electron chi connectivity index (χ0n) is 13.7. The number of rotatable bonds is 2. The Labute approximate surface area is 151 Å². The number of pyridine rings is 1. The summed E-state index contributed by atoms with van der Waals surface area (Å²) >= 11 is 6.24. The Hall–Kier alpha value is -3.12.